The van der Waals surface area contributed by atoms with Gasteiger partial charge in [0, 0.05) is 6.04 Å². The summed E-state index contributed by atoms with van der Waals surface area (Å²) < 4.78 is 0. The summed E-state index contributed by atoms with van der Waals surface area (Å²) >= 11 is 0. The zero-order chi connectivity index (χ0) is 13.5. The van der Waals surface area contributed by atoms with Crippen molar-refractivity contribution in [1.29, 1.82) is 0 Å². The topological polar surface area (TPSA) is 32.5 Å². The van der Waals surface area contributed by atoms with Crippen LogP contribution in [0.3, 0.4) is 0 Å². The number of rotatable bonds is 6. The Labute approximate surface area is 119 Å². The lowest BCUT2D eigenvalue weighted by molar-refractivity contribution is 0.0900. The van der Waals surface area contributed by atoms with Gasteiger partial charge in [-0.3, -0.25) is 0 Å². The third kappa shape index (κ3) is 4.73. The van der Waals surface area contributed by atoms with E-state index in [1.165, 1.54) is 77.7 Å². The Morgan fingerprint density at radius 3 is 2.32 bits per heavy atom. The molecule has 2 fully saturated rings. The second-order valence-electron chi connectivity index (χ2n) is 6.47. The quantitative estimate of drug-likeness (QED) is 0.801. The van der Waals surface area contributed by atoms with Gasteiger partial charge in [0.2, 0.25) is 0 Å². The first kappa shape index (κ1) is 15.3. The highest BCUT2D eigenvalue weighted by molar-refractivity contribution is 4.81. The van der Waals surface area contributed by atoms with Gasteiger partial charge in [0.1, 0.15) is 0 Å². The van der Waals surface area contributed by atoms with Crippen LogP contribution in [0.15, 0.2) is 0 Å². The highest BCUT2D eigenvalue weighted by atomic mass is 15.2. The molecule has 2 N–H and O–H groups in total. The van der Waals surface area contributed by atoms with E-state index in [9.17, 15) is 0 Å². The first-order valence-electron chi connectivity index (χ1n) is 8.50. The molecule has 3 nitrogen and oxygen atoms in total. The second-order valence-corrected chi connectivity index (χ2v) is 6.47. The van der Waals surface area contributed by atoms with Gasteiger partial charge in [0.05, 0.1) is 0 Å². The number of hydrogen-bond acceptors (Lipinski definition) is 3. The van der Waals surface area contributed by atoms with Crippen molar-refractivity contribution in [3.63, 3.8) is 0 Å². The minimum atomic E-state index is 0.736. The molecule has 1 atom stereocenters. The summed E-state index contributed by atoms with van der Waals surface area (Å²) in [7, 11) is 0. The van der Waals surface area contributed by atoms with E-state index in [-0.39, 0.29) is 0 Å². The zero-order valence-electron chi connectivity index (χ0n) is 12.8. The molecule has 0 amide bonds. The van der Waals surface area contributed by atoms with Crippen LogP contribution in [0.25, 0.3) is 0 Å². The lowest BCUT2D eigenvalue weighted by atomic mass is 9.98. The van der Waals surface area contributed by atoms with Crippen molar-refractivity contribution in [1.82, 2.24) is 9.80 Å². The van der Waals surface area contributed by atoms with Crippen LogP contribution >= 0.6 is 0 Å². The fraction of sp³-hybridized carbons (Fsp3) is 1.00. The summed E-state index contributed by atoms with van der Waals surface area (Å²) in [5.41, 5.74) is 5.79. The van der Waals surface area contributed by atoms with Gasteiger partial charge >= 0.3 is 0 Å². The van der Waals surface area contributed by atoms with E-state index in [0.29, 0.717) is 0 Å². The van der Waals surface area contributed by atoms with Crippen molar-refractivity contribution in [3.05, 3.63) is 0 Å². The largest absolute Gasteiger partial charge is 0.330 e. The summed E-state index contributed by atoms with van der Waals surface area (Å²) in [5.74, 6) is 0.736. The Hall–Kier alpha value is -0.120. The average Bonchev–Trinajstić information content (AvgIpc) is 2.50. The number of piperidine rings is 2. The molecule has 0 spiro atoms. The minimum Gasteiger partial charge on any atom is -0.330 e. The summed E-state index contributed by atoms with van der Waals surface area (Å²) in [4.78, 5) is 5.42. The van der Waals surface area contributed by atoms with Crippen molar-refractivity contribution in [2.45, 2.75) is 57.9 Å². The Kier molecular flexibility index (Phi) is 6.62. The maximum atomic E-state index is 5.79. The Balaban J connectivity index is 1.64. The van der Waals surface area contributed by atoms with Gasteiger partial charge in [-0.15, -0.1) is 0 Å². The molecule has 2 rings (SSSR count). The third-order valence-electron chi connectivity index (χ3n) is 5.23. The first-order chi connectivity index (χ1) is 9.33. The minimum absolute atomic E-state index is 0.736. The Morgan fingerprint density at radius 1 is 1.05 bits per heavy atom. The van der Waals surface area contributed by atoms with E-state index in [0.717, 1.165) is 18.5 Å². The lowest BCUT2D eigenvalue weighted by Gasteiger charge is -2.40. The SMILES string of the molecule is CCC(CN)CCN1CCC(N2CCCCC2)CC1. The summed E-state index contributed by atoms with van der Waals surface area (Å²) in [6, 6.07) is 0.882. The zero-order valence-corrected chi connectivity index (χ0v) is 12.8. The van der Waals surface area contributed by atoms with E-state index in [4.69, 9.17) is 5.73 Å². The molecule has 112 valence electrons. The van der Waals surface area contributed by atoms with Crippen LogP contribution in [0.4, 0.5) is 0 Å². The average molecular weight is 267 g/mol. The predicted octanol–water partition coefficient (Wildman–Crippen LogP) is 2.31. The Morgan fingerprint density at radius 2 is 1.74 bits per heavy atom. The molecule has 2 saturated heterocycles. The van der Waals surface area contributed by atoms with Gasteiger partial charge in [-0.1, -0.05) is 19.8 Å². The number of hydrogen-bond donors (Lipinski definition) is 1. The molecule has 0 bridgehead atoms. The van der Waals surface area contributed by atoms with Crippen LogP contribution in [-0.2, 0) is 0 Å². The highest BCUT2D eigenvalue weighted by Gasteiger charge is 2.25. The first-order valence-corrected chi connectivity index (χ1v) is 8.50. The summed E-state index contributed by atoms with van der Waals surface area (Å²) in [6.45, 7) is 9.72. The smallest absolute Gasteiger partial charge is 0.0120 e. The third-order valence-corrected chi connectivity index (χ3v) is 5.23. The molecular formula is C16H33N3. The molecule has 0 aliphatic carbocycles. The van der Waals surface area contributed by atoms with Crippen LogP contribution < -0.4 is 5.73 Å². The van der Waals surface area contributed by atoms with Crippen LogP contribution in [0.1, 0.15) is 51.9 Å². The lowest BCUT2D eigenvalue weighted by Crippen LogP contribution is -2.47. The second kappa shape index (κ2) is 8.23. The molecule has 2 aliphatic rings. The maximum absolute atomic E-state index is 5.79. The van der Waals surface area contributed by atoms with E-state index in [1.807, 2.05) is 0 Å². The van der Waals surface area contributed by atoms with Crippen molar-refractivity contribution < 1.29 is 0 Å². The molecule has 0 radical (unpaired) electrons. The van der Waals surface area contributed by atoms with Crippen LogP contribution in [0.2, 0.25) is 0 Å². The monoisotopic (exact) mass is 267 g/mol. The number of nitrogens with zero attached hydrogens (tertiary/aromatic N) is 2. The van der Waals surface area contributed by atoms with Gasteiger partial charge in [0.25, 0.3) is 0 Å². The number of likely N-dealkylation sites (tertiary alicyclic amines) is 2. The molecular weight excluding hydrogens is 234 g/mol. The molecule has 3 heteroatoms. The molecule has 2 aliphatic heterocycles. The normalized spacial score (nSPS) is 25.6. The Bertz CT molecular complexity index is 226. The van der Waals surface area contributed by atoms with Crippen LogP contribution in [-0.4, -0.2) is 55.1 Å². The van der Waals surface area contributed by atoms with Crippen LogP contribution in [0.5, 0.6) is 0 Å². The molecule has 19 heavy (non-hydrogen) atoms. The molecule has 0 aromatic carbocycles. The number of nitrogens with two attached hydrogens (primary N) is 1. The van der Waals surface area contributed by atoms with E-state index in [2.05, 4.69) is 16.7 Å². The van der Waals surface area contributed by atoms with Crippen molar-refractivity contribution in [2.24, 2.45) is 11.7 Å². The van der Waals surface area contributed by atoms with Gasteiger partial charge in [-0.2, -0.15) is 0 Å². The summed E-state index contributed by atoms with van der Waals surface area (Å²) in [5, 5.41) is 0. The molecule has 1 unspecified atom stereocenters. The molecule has 0 aromatic rings. The van der Waals surface area contributed by atoms with Gasteiger partial charge < -0.3 is 15.5 Å². The fourth-order valence-corrected chi connectivity index (χ4v) is 3.65. The van der Waals surface area contributed by atoms with Crippen molar-refractivity contribution >= 4 is 0 Å². The summed E-state index contributed by atoms with van der Waals surface area (Å²) in [6.07, 6.45) is 9.61. The molecule has 0 saturated carbocycles. The van der Waals surface area contributed by atoms with Crippen LogP contribution in [0, 0.1) is 5.92 Å². The van der Waals surface area contributed by atoms with Crippen molar-refractivity contribution in [3.8, 4) is 0 Å². The van der Waals surface area contributed by atoms with E-state index >= 15 is 0 Å². The van der Waals surface area contributed by atoms with E-state index in [1.54, 1.807) is 0 Å². The van der Waals surface area contributed by atoms with Gasteiger partial charge in [-0.25, -0.2) is 0 Å². The standard InChI is InChI=1S/C16H33N3/c1-2-15(14-17)6-11-18-12-7-16(8-13-18)19-9-4-3-5-10-19/h15-16H,2-14,17H2,1H3. The fourth-order valence-electron chi connectivity index (χ4n) is 3.65. The van der Waals surface area contributed by atoms with Gasteiger partial charge in [-0.05, 0) is 77.3 Å². The maximum Gasteiger partial charge on any atom is 0.0120 e. The predicted molar refractivity (Wildman–Crippen MR) is 82.3 cm³/mol. The molecule has 0 aromatic heterocycles. The molecule has 2 heterocycles. The van der Waals surface area contributed by atoms with E-state index < -0.39 is 0 Å². The van der Waals surface area contributed by atoms with Gasteiger partial charge in [0.15, 0.2) is 0 Å². The highest BCUT2D eigenvalue weighted by Crippen LogP contribution is 2.21. The van der Waals surface area contributed by atoms with Crippen molar-refractivity contribution in [2.75, 3.05) is 39.3 Å².